The van der Waals surface area contributed by atoms with E-state index in [2.05, 4.69) is 18.7 Å². The lowest BCUT2D eigenvalue weighted by atomic mass is 9.91. The molecule has 0 N–H and O–H groups in total. The highest BCUT2D eigenvalue weighted by molar-refractivity contribution is 4.92. The highest BCUT2D eigenvalue weighted by Gasteiger charge is 2.39. The van der Waals surface area contributed by atoms with Crippen molar-refractivity contribution in [2.24, 2.45) is 0 Å². The average molecular weight is 245 g/mol. The highest BCUT2D eigenvalue weighted by Crippen LogP contribution is 2.29. The molecule has 0 aliphatic carbocycles. The third-order valence-electron chi connectivity index (χ3n) is 3.97. The molecule has 0 aromatic carbocycles. The van der Waals surface area contributed by atoms with E-state index in [-0.39, 0.29) is 6.67 Å². The summed E-state index contributed by atoms with van der Waals surface area (Å²) < 4.78 is 24.1. The van der Waals surface area contributed by atoms with Gasteiger partial charge in [-0.05, 0) is 26.2 Å². The van der Waals surface area contributed by atoms with Crippen LogP contribution in [0.1, 0.15) is 33.1 Å². The van der Waals surface area contributed by atoms with Gasteiger partial charge in [0.25, 0.3) is 0 Å². The molecule has 0 aromatic rings. The standard InChI is InChI=1S/C13H24FNO2/c1-3-10(2)17-13-6-11-8-16-9-12(7-13)15(11)5-4-14/h10-13H,3-9H2,1-2H3. The van der Waals surface area contributed by atoms with Crippen molar-refractivity contribution in [3.63, 3.8) is 0 Å². The molecule has 0 amide bonds. The molecule has 2 heterocycles. The maximum absolute atomic E-state index is 12.5. The molecule has 2 aliphatic heterocycles. The van der Waals surface area contributed by atoms with Crippen LogP contribution < -0.4 is 0 Å². The molecule has 0 aromatic heterocycles. The zero-order valence-electron chi connectivity index (χ0n) is 10.9. The van der Waals surface area contributed by atoms with Gasteiger partial charge in [-0.1, -0.05) is 6.92 Å². The highest BCUT2D eigenvalue weighted by atomic mass is 19.1. The Labute approximate surface area is 103 Å². The summed E-state index contributed by atoms with van der Waals surface area (Å²) in [6.07, 6.45) is 3.69. The van der Waals surface area contributed by atoms with Crippen molar-refractivity contribution in [1.29, 1.82) is 0 Å². The van der Waals surface area contributed by atoms with E-state index in [0.29, 0.717) is 30.8 Å². The van der Waals surface area contributed by atoms with Crippen LogP contribution in [0.5, 0.6) is 0 Å². The fraction of sp³-hybridized carbons (Fsp3) is 1.00. The van der Waals surface area contributed by atoms with Crippen molar-refractivity contribution in [2.45, 2.75) is 57.4 Å². The van der Waals surface area contributed by atoms with E-state index in [1.54, 1.807) is 0 Å². The van der Waals surface area contributed by atoms with Gasteiger partial charge in [-0.2, -0.15) is 0 Å². The zero-order chi connectivity index (χ0) is 12.3. The van der Waals surface area contributed by atoms with E-state index >= 15 is 0 Å². The smallest absolute Gasteiger partial charge is 0.102 e. The Hall–Kier alpha value is -0.190. The molecular weight excluding hydrogens is 221 g/mol. The van der Waals surface area contributed by atoms with Gasteiger partial charge in [0.15, 0.2) is 0 Å². The van der Waals surface area contributed by atoms with Gasteiger partial charge >= 0.3 is 0 Å². The molecule has 2 saturated heterocycles. The molecule has 3 nitrogen and oxygen atoms in total. The SMILES string of the molecule is CCC(C)OC1CC2COCC(C1)N2CCF. The van der Waals surface area contributed by atoms with Crippen molar-refractivity contribution in [2.75, 3.05) is 26.4 Å². The van der Waals surface area contributed by atoms with Gasteiger partial charge in [0.1, 0.15) is 6.67 Å². The lowest BCUT2D eigenvalue weighted by Gasteiger charge is -2.48. The molecule has 2 aliphatic rings. The normalized spacial score (nSPS) is 35.8. The second kappa shape index (κ2) is 6.12. The average Bonchev–Trinajstić information content (AvgIpc) is 2.30. The lowest BCUT2D eigenvalue weighted by molar-refractivity contribution is -0.131. The Morgan fingerprint density at radius 1 is 1.35 bits per heavy atom. The van der Waals surface area contributed by atoms with E-state index < -0.39 is 0 Å². The molecule has 3 unspecified atom stereocenters. The van der Waals surface area contributed by atoms with Gasteiger partial charge in [0, 0.05) is 18.6 Å². The monoisotopic (exact) mass is 245 g/mol. The third-order valence-corrected chi connectivity index (χ3v) is 3.97. The molecular formula is C13H24FNO2. The van der Waals surface area contributed by atoms with Crippen LogP contribution >= 0.6 is 0 Å². The van der Waals surface area contributed by atoms with Gasteiger partial charge in [-0.15, -0.1) is 0 Å². The number of hydrogen-bond acceptors (Lipinski definition) is 3. The van der Waals surface area contributed by atoms with Crippen molar-refractivity contribution in [1.82, 2.24) is 4.90 Å². The first-order valence-corrected chi connectivity index (χ1v) is 6.79. The van der Waals surface area contributed by atoms with Gasteiger partial charge < -0.3 is 9.47 Å². The third kappa shape index (κ3) is 3.18. The second-order valence-corrected chi connectivity index (χ2v) is 5.22. The minimum absolute atomic E-state index is 0.260. The maximum Gasteiger partial charge on any atom is 0.102 e. The molecule has 2 bridgehead atoms. The summed E-state index contributed by atoms with van der Waals surface area (Å²) in [5.41, 5.74) is 0. The van der Waals surface area contributed by atoms with Gasteiger partial charge in [0.2, 0.25) is 0 Å². The number of nitrogens with zero attached hydrogens (tertiary/aromatic N) is 1. The summed E-state index contributed by atoms with van der Waals surface area (Å²) >= 11 is 0. The topological polar surface area (TPSA) is 21.7 Å². The number of rotatable bonds is 5. The molecule has 2 fully saturated rings. The van der Waals surface area contributed by atoms with Crippen molar-refractivity contribution >= 4 is 0 Å². The summed E-state index contributed by atoms with van der Waals surface area (Å²) in [6, 6.07) is 0.708. The first kappa shape index (κ1) is 13.2. The molecule has 0 radical (unpaired) electrons. The summed E-state index contributed by atoms with van der Waals surface area (Å²) in [7, 11) is 0. The van der Waals surface area contributed by atoms with Crippen LogP contribution in [0.3, 0.4) is 0 Å². The Balaban J connectivity index is 1.91. The zero-order valence-corrected chi connectivity index (χ0v) is 10.9. The van der Waals surface area contributed by atoms with Crippen LogP contribution in [-0.4, -0.2) is 55.6 Å². The van der Waals surface area contributed by atoms with Gasteiger partial charge in [-0.25, -0.2) is 4.39 Å². The molecule has 0 saturated carbocycles. The number of fused-ring (bicyclic) bond motifs is 2. The Morgan fingerprint density at radius 3 is 2.53 bits per heavy atom. The quantitative estimate of drug-likeness (QED) is 0.739. The van der Waals surface area contributed by atoms with E-state index in [0.717, 1.165) is 32.5 Å². The van der Waals surface area contributed by atoms with E-state index in [1.165, 1.54) is 0 Å². The number of piperidine rings is 1. The first-order chi connectivity index (χ1) is 8.24. The molecule has 4 heteroatoms. The van der Waals surface area contributed by atoms with Crippen LogP contribution in [0.15, 0.2) is 0 Å². The van der Waals surface area contributed by atoms with Crippen molar-refractivity contribution < 1.29 is 13.9 Å². The van der Waals surface area contributed by atoms with Crippen molar-refractivity contribution in [3.8, 4) is 0 Å². The molecule has 17 heavy (non-hydrogen) atoms. The minimum Gasteiger partial charge on any atom is -0.378 e. The van der Waals surface area contributed by atoms with Crippen LogP contribution in [0.2, 0.25) is 0 Å². The molecule has 0 spiro atoms. The molecule has 2 rings (SSSR count). The predicted octanol–water partition coefficient (Wildman–Crippen LogP) is 2.00. The summed E-state index contributed by atoms with van der Waals surface area (Å²) in [5, 5.41) is 0. The molecule has 100 valence electrons. The first-order valence-electron chi connectivity index (χ1n) is 6.79. The fourth-order valence-corrected chi connectivity index (χ4v) is 2.94. The van der Waals surface area contributed by atoms with Crippen LogP contribution in [0, 0.1) is 0 Å². The molecule has 3 atom stereocenters. The number of hydrogen-bond donors (Lipinski definition) is 0. The van der Waals surface area contributed by atoms with Crippen molar-refractivity contribution in [3.05, 3.63) is 0 Å². The Kier molecular flexibility index (Phi) is 4.77. The minimum atomic E-state index is -0.260. The lowest BCUT2D eigenvalue weighted by Crippen LogP contribution is -2.59. The number of alkyl halides is 1. The summed E-state index contributed by atoms with van der Waals surface area (Å²) in [4.78, 5) is 2.28. The van der Waals surface area contributed by atoms with E-state index in [1.807, 2.05) is 0 Å². The fourth-order valence-electron chi connectivity index (χ4n) is 2.94. The number of halogens is 1. The Bertz CT molecular complexity index is 225. The number of ether oxygens (including phenoxy) is 2. The largest absolute Gasteiger partial charge is 0.378 e. The van der Waals surface area contributed by atoms with Crippen LogP contribution in [-0.2, 0) is 9.47 Å². The van der Waals surface area contributed by atoms with E-state index in [9.17, 15) is 4.39 Å². The second-order valence-electron chi connectivity index (χ2n) is 5.22. The predicted molar refractivity (Wildman–Crippen MR) is 64.9 cm³/mol. The number of morpholine rings is 1. The van der Waals surface area contributed by atoms with Crippen LogP contribution in [0.25, 0.3) is 0 Å². The van der Waals surface area contributed by atoms with Crippen LogP contribution in [0.4, 0.5) is 4.39 Å². The summed E-state index contributed by atoms with van der Waals surface area (Å²) in [5.74, 6) is 0. The Morgan fingerprint density at radius 2 is 2.00 bits per heavy atom. The van der Waals surface area contributed by atoms with Gasteiger partial charge in [0.05, 0.1) is 25.4 Å². The summed E-state index contributed by atoms with van der Waals surface area (Å²) in [6.45, 7) is 6.03. The van der Waals surface area contributed by atoms with Gasteiger partial charge in [-0.3, -0.25) is 4.90 Å². The maximum atomic E-state index is 12.5. The van der Waals surface area contributed by atoms with E-state index in [4.69, 9.17) is 9.47 Å².